The number of nitrogens with zero attached hydrogens (tertiary/aromatic N) is 3. The highest BCUT2D eigenvalue weighted by Gasteiger charge is 2.17. The first-order chi connectivity index (χ1) is 15.8. The Kier molecular flexibility index (Phi) is 4.89. The van der Waals surface area contributed by atoms with Crippen molar-refractivity contribution >= 4 is 28.0 Å². The lowest BCUT2D eigenvalue weighted by molar-refractivity contribution is -0.139. The normalized spacial score (nSPS) is 11.8. The monoisotopic (exact) mass is 440 g/mol. The summed E-state index contributed by atoms with van der Waals surface area (Å²) in [6.07, 6.45) is 5.67. The van der Waals surface area contributed by atoms with E-state index in [1.165, 1.54) is 0 Å². The van der Waals surface area contributed by atoms with Crippen LogP contribution < -0.4 is 4.74 Å². The molecule has 0 spiro atoms. The topological polar surface area (TPSA) is 93.0 Å². The van der Waals surface area contributed by atoms with Crippen LogP contribution in [0.25, 0.3) is 44.3 Å². The van der Waals surface area contributed by atoms with E-state index in [-0.39, 0.29) is 12.1 Å². The molecule has 0 saturated carbocycles. The van der Waals surface area contributed by atoms with Crippen LogP contribution in [-0.2, 0) is 10.3 Å². The van der Waals surface area contributed by atoms with Crippen LogP contribution in [0.2, 0.25) is 0 Å². The third-order valence-electron chi connectivity index (χ3n) is 5.64. The van der Waals surface area contributed by atoms with Crippen LogP contribution in [0.4, 0.5) is 0 Å². The number of aliphatic carboxylic acids is 1. The summed E-state index contributed by atoms with van der Waals surface area (Å²) in [6, 6.07) is 15.8. The minimum absolute atomic E-state index is 0.0734. The Morgan fingerprint density at radius 2 is 1.91 bits per heavy atom. The van der Waals surface area contributed by atoms with E-state index in [1.54, 1.807) is 12.3 Å². The zero-order valence-corrected chi connectivity index (χ0v) is 18.7. The molecule has 0 atom stereocenters. The fourth-order valence-corrected chi connectivity index (χ4v) is 4.02. The number of aromatic nitrogens is 4. The van der Waals surface area contributed by atoms with Gasteiger partial charge in [0.2, 0.25) is 0 Å². The van der Waals surface area contributed by atoms with Crippen LogP contribution in [0, 0.1) is 0 Å². The minimum Gasteiger partial charge on any atom is -0.482 e. The summed E-state index contributed by atoms with van der Waals surface area (Å²) in [5, 5.41) is 9.87. The SMILES string of the molecule is CC(C)(C)n1cnc2ccc(-c3c[nH]c4ncc(-c5cccc(OCC(=O)O)c5)cc34)cc21. The van der Waals surface area contributed by atoms with Crippen molar-refractivity contribution < 1.29 is 14.6 Å². The molecule has 3 aromatic heterocycles. The van der Waals surface area contributed by atoms with Gasteiger partial charge >= 0.3 is 5.97 Å². The average molecular weight is 441 g/mol. The van der Waals surface area contributed by atoms with Crippen LogP contribution in [0.15, 0.2) is 67.3 Å². The number of rotatable bonds is 5. The van der Waals surface area contributed by atoms with E-state index in [0.29, 0.717) is 5.75 Å². The van der Waals surface area contributed by atoms with Crippen LogP contribution >= 0.6 is 0 Å². The molecular formula is C26H24N4O3. The van der Waals surface area contributed by atoms with Crippen molar-refractivity contribution in [3.8, 4) is 28.0 Å². The Hall–Kier alpha value is -4.13. The van der Waals surface area contributed by atoms with E-state index in [0.717, 1.165) is 44.3 Å². The highest BCUT2D eigenvalue weighted by Crippen LogP contribution is 2.34. The van der Waals surface area contributed by atoms with Gasteiger partial charge in [0.05, 0.1) is 17.4 Å². The van der Waals surface area contributed by atoms with Crippen LogP contribution in [-0.4, -0.2) is 37.2 Å². The standard InChI is InChI=1S/C26H24N4O3/c1-26(2,3)30-15-29-22-8-7-17(11-23(22)30)21-13-28-25-20(21)10-18(12-27-25)16-5-4-6-19(9-16)33-14-24(31)32/h4-13,15H,14H2,1-3H3,(H,27,28)(H,31,32). The Balaban J connectivity index is 1.57. The summed E-state index contributed by atoms with van der Waals surface area (Å²) in [6.45, 7) is 6.11. The highest BCUT2D eigenvalue weighted by atomic mass is 16.5. The predicted octanol–water partition coefficient (Wildman–Crippen LogP) is 5.47. The predicted molar refractivity (Wildman–Crippen MR) is 128 cm³/mol. The molecule has 0 radical (unpaired) electrons. The summed E-state index contributed by atoms with van der Waals surface area (Å²) in [7, 11) is 0. The number of carboxylic acids is 1. The van der Waals surface area contributed by atoms with E-state index in [4.69, 9.17) is 9.84 Å². The third-order valence-corrected chi connectivity index (χ3v) is 5.64. The fourth-order valence-electron chi connectivity index (χ4n) is 4.02. The molecule has 0 aliphatic heterocycles. The molecular weight excluding hydrogens is 416 g/mol. The summed E-state index contributed by atoms with van der Waals surface area (Å²) >= 11 is 0. The van der Waals surface area contributed by atoms with E-state index < -0.39 is 5.97 Å². The summed E-state index contributed by atoms with van der Waals surface area (Å²) in [5.74, 6) is -0.504. The molecule has 0 amide bonds. The van der Waals surface area contributed by atoms with Crippen molar-refractivity contribution in [1.29, 1.82) is 0 Å². The molecule has 2 aromatic carbocycles. The van der Waals surface area contributed by atoms with E-state index >= 15 is 0 Å². The van der Waals surface area contributed by atoms with Gasteiger partial charge in [0, 0.05) is 34.4 Å². The molecule has 0 fully saturated rings. The maximum absolute atomic E-state index is 10.8. The molecule has 33 heavy (non-hydrogen) atoms. The second kappa shape index (κ2) is 7.78. The van der Waals surface area contributed by atoms with Crippen molar-refractivity contribution in [2.45, 2.75) is 26.3 Å². The zero-order chi connectivity index (χ0) is 23.2. The maximum atomic E-state index is 10.8. The molecule has 166 valence electrons. The number of nitrogens with one attached hydrogen (secondary N) is 1. The number of imidazole rings is 1. The summed E-state index contributed by atoms with van der Waals surface area (Å²) in [5.41, 5.74) is 6.74. The van der Waals surface area contributed by atoms with Crippen molar-refractivity contribution in [2.75, 3.05) is 6.61 Å². The number of fused-ring (bicyclic) bond motifs is 2. The van der Waals surface area contributed by atoms with Crippen LogP contribution in [0.3, 0.4) is 0 Å². The Morgan fingerprint density at radius 1 is 1.06 bits per heavy atom. The van der Waals surface area contributed by atoms with Gasteiger partial charge in [-0.2, -0.15) is 0 Å². The minimum atomic E-state index is -1.01. The van der Waals surface area contributed by atoms with E-state index in [2.05, 4.69) is 58.5 Å². The van der Waals surface area contributed by atoms with Gasteiger partial charge in [0.25, 0.3) is 0 Å². The lowest BCUT2D eigenvalue weighted by atomic mass is 10.0. The first-order valence-corrected chi connectivity index (χ1v) is 10.7. The number of hydrogen-bond acceptors (Lipinski definition) is 4. The second-order valence-corrected chi connectivity index (χ2v) is 9.02. The van der Waals surface area contributed by atoms with Gasteiger partial charge in [-0.1, -0.05) is 18.2 Å². The van der Waals surface area contributed by atoms with Gasteiger partial charge in [-0.05, 0) is 62.2 Å². The first-order valence-electron chi connectivity index (χ1n) is 10.7. The molecule has 3 heterocycles. The van der Waals surface area contributed by atoms with Gasteiger partial charge in [-0.3, -0.25) is 0 Å². The van der Waals surface area contributed by atoms with Crippen molar-refractivity contribution in [2.24, 2.45) is 0 Å². The molecule has 7 heteroatoms. The first kappa shape index (κ1) is 20.8. The van der Waals surface area contributed by atoms with Crippen molar-refractivity contribution in [1.82, 2.24) is 19.5 Å². The number of benzene rings is 2. The Morgan fingerprint density at radius 3 is 2.70 bits per heavy atom. The summed E-state index contributed by atoms with van der Waals surface area (Å²) in [4.78, 5) is 23.2. The van der Waals surface area contributed by atoms with E-state index in [1.807, 2.05) is 36.8 Å². The molecule has 5 aromatic rings. The van der Waals surface area contributed by atoms with Gasteiger partial charge in [-0.15, -0.1) is 0 Å². The number of hydrogen-bond donors (Lipinski definition) is 2. The molecule has 0 aliphatic carbocycles. The lowest BCUT2D eigenvalue weighted by Crippen LogP contribution is -2.20. The molecule has 0 unspecified atom stereocenters. The second-order valence-electron chi connectivity index (χ2n) is 9.02. The number of carboxylic acid groups (broad SMARTS) is 1. The van der Waals surface area contributed by atoms with E-state index in [9.17, 15) is 4.79 Å². The molecule has 0 aliphatic rings. The number of aromatic amines is 1. The fraction of sp³-hybridized carbons (Fsp3) is 0.192. The smallest absolute Gasteiger partial charge is 0.341 e. The largest absolute Gasteiger partial charge is 0.482 e. The summed E-state index contributed by atoms with van der Waals surface area (Å²) < 4.78 is 7.52. The Labute approximate surface area is 190 Å². The average Bonchev–Trinajstić information content (AvgIpc) is 3.41. The lowest BCUT2D eigenvalue weighted by Gasteiger charge is -2.21. The van der Waals surface area contributed by atoms with Gasteiger partial charge in [-0.25, -0.2) is 14.8 Å². The number of H-pyrrole nitrogens is 1. The van der Waals surface area contributed by atoms with Crippen LogP contribution in [0.5, 0.6) is 5.75 Å². The van der Waals surface area contributed by atoms with Crippen LogP contribution in [0.1, 0.15) is 20.8 Å². The van der Waals surface area contributed by atoms with Gasteiger partial charge in [0.1, 0.15) is 11.4 Å². The molecule has 7 nitrogen and oxygen atoms in total. The maximum Gasteiger partial charge on any atom is 0.341 e. The number of pyridine rings is 1. The van der Waals surface area contributed by atoms with Gasteiger partial charge < -0.3 is 19.4 Å². The molecule has 0 bridgehead atoms. The third kappa shape index (κ3) is 3.93. The molecule has 0 saturated heterocycles. The highest BCUT2D eigenvalue weighted by molar-refractivity contribution is 5.97. The Bertz CT molecular complexity index is 1490. The molecule has 2 N–H and O–H groups in total. The number of carbonyl (C=O) groups is 1. The van der Waals surface area contributed by atoms with Crippen molar-refractivity contribution in [3.63, 3.8) is 0 Å². The quantitative estimate of drug-likeness (QED) is 0.378. The zero-order valence-electron chi connectivity index (χ0n) is 18.7. The molecule has 5 rings (SSSR count). The van der Waals surface area contributed by atoms with Crippen molar-refractivity contribution in [3.05, 3.63) is 67.3 Å². The van der Waals surface area contributed by atoms with Gasteiger partial charge in [0.15, 0.2) is 6.61 Å². The number of ether oxygens (including phenoxy) is 1.